The second-order valence-corrected chi connectivity index (χ2v) is 2.88. The Morgan fingerprint density at radius 2 is 1.87 bits per heavy atom. The summed E-state index contributed by atoms with van der Waals surface area (Å²) in [6, 6.07) is 8.89. The molecule has 1 aromatic carbocycles. The maximum absolute atomic E-state index is 11.2. The highest BCUT2D eigenvalue weighted by atomic mass is 17.1. The van der Waals surface area contributed by atoms with Gasteiger partial charge in [0.15, 0.2) is 0 Å². The molecule has 0 radical (unpaired) electrons. The lowest BCUT2D eigenvalue weighted by atomic mass is 10.2. The summed E-state index contributed by atoms with van der Waals surface area (Å²) >= 11 is 0. The zero-order chi connectivity index (χ0) is 11.1. The zero-order valence-corrected chi connectivity index (χ0v) is 7.97. The molecular weight excluding hydrogens is 198 g/mol. The van der Waals surface area contributed by atoms with Crippen LogP contribution in [-0.2, 0) is 14.5 Å². The Kier molecular flexibility index (Phi) is 4.30. The molecule has 0 unspecified atom stereocenters. The van der Waals surface area contributed by atoms with Gasteiger partial charge in [0.05, 0.1) is 6.42 Å². The molecule has 80 valence electrons. The lowest BCUT2D eigenvalue weighted by molar-refractivity contribution is -0.234. The van der Waals surface area contributed by atoms with Crippen LogP contribution in [0.15, 0.2) is 30.3 Å². The van der Waals surface area contributed by atoms with Crippen molar-refractivity contribution in [2.45, 2.75) is 12.8 Å². The van der Waals surface area contributed by atoms with Crippen molar-refractivity contribution in [3.8, 4) is 0 Å². The summed E-state index contributed by atoms with van der Waals surface area (Å²) in [6.45, 7) is 0. The van der Waals surface area contributed by atoms with Crippen LogP contribution in [0.5, 0.6) is 0 Å². The van der Waals surface area contributed by atoms with Crippen molar-refractivity contribution in [3.05, 3.63) is 30.3 Å². The molecule has 0 atom stereocenters. The number of amides is 1. The normalized spacial score (nSPS) is 9.40. The number of rotatable bonds is 4. The summed E-state index contributed by atoms with van der Waals surface area (Å²) in [5, 5.41) is 10.5. The molecule has 0 aliphatic carbocycles. The van der Waals surface area contributed by atoms with Crippen LogP contribution >= 0.6 is 0 Å². The van der Waals surface area contributed by atoms with Crippen LogP contribution in [0.25, 0.3) is 0 Å². The SMILES string of the molecule is O=C(CCC(=O)OO)Nc1ccccc1. The third kappa shape index (κ3) is 4.24. The lowest BCUT2D eigenvalue weighted by Crippen LogP contribution is -2.13. The second-order valence-electron chi connectivity index (χ2n) is 2.88. The van der Waals surface area contributed by atoms with Crippen molar-refractivity contribution >= 4 is 17.6 Å². The highest BCUT2D eigenvalue weighted by molar-refractivity contribution is 5.92. The van der Waals surface area contributed by atoms with Gasteiger partial charge in [0.25, 0.3) is 0 Å². The van der Waals surface area contributed by atoms with E-state index in [0.717, 1.165) is 0 Å². The number of para-hydroxylation sites is 1. The molecule has 0 aliphatic rings. The minimum absolute atomic E-state index is 0.0196. The van der Waals surface area contributed by atoms with Gasteiger partial charge in [0.1, 0.15) is 0 Å². The molecule has 0 fully saturated rings. The van der Waals surface area contributed by atoms with Crippen LogP contribution in [0.2, 0.25) is 0 Å². The molecule has 0 bridgehead atoms. The molecule has 0 saturated carbocycles. The molecular formula is C10H11NO4. The Labute approximate surface area is 86.6 Å². The number of benzene rings is 1. The van der Waals surface area contributed by atoms with E-state index < -0.39 is 5.97 Å². The first-order valence-electron chi connectivity index (χ1n) is 4.41. The van der Waals surface area contributed by atoms with Gasteiger partial charge in [-0.1, -0.05) is 18.2 Å². The number of anilines is 1. The van der Waals surface area contributed by atoms with Gasteiger partial charge >= 0.3 is 5.97 Å². The number of hydrogen-bond donors (Lipinski definition) is 2. The zero-order valence-electron chi connectivity index (χ0n) is 7.97. The first-order valence-corrected chi connectivity index (χ1v) is 4.41. The summed E-state index contributed by atoms with van der Waals surface area (Å²) in [5.41, 5.74) is 0.667. The van der Waals surface area contributed by atoms with E-state index in [1.807, 2.05) is 6.07 Å². The average Bonchev–Trinajstić information content (AvgIpc) is 2.27. The van der Waals surface area contributed by atoms with Gasteiger partial charge in [-0.3, -0.25) is 4.79 Å². The molecule has 0 aliphatic heterocycles. The molecule has 0 saturated heterocycles. The summed E-state index contributed by atoms with van der Waals surface area (Å²) in [6.07, 6.45) is -0.163. The van der Waals surface area contributed by atoms with Crippen molar-refractivity contribution in [1.82, 2.24) is 0 Å². The molecule has 0 spiro atoms. The smallest absolute Gasteiger partial charge is 0.326 e. The maximum atomic E-state index is 11.2. The van der Waals surface area contributed by atoms with E-state index in [1.54, 1.807) is 24.3 Å². The van der Waals surface area contributed by atoms with Crippen LogP contribution in [0.4, 0.5) is 5.69 Å². The van der Waals surface area contributed by atoms with Gasteiger partial charge in [0.2, 0.25) is 5.91 Å². The van der Waals surface area contributed by atoms with Crippen LogP contribution in [0.3, 0.4) is 0 Å². The van der Waals surface area contributed by atoms with Gasteiger partial charge in [0, 0.05) is 12.1 Å². The van der Waals surface area contributed by atoms with E-state index in [2.05, 4.69) is 10.2 Å². The van der Waals surface area contributed by atoms with Crippen molar-refractivity contribution in [2.24, 2.45) is 0 Å². The fraction of sp³-hybridized carbons (Fsp3) is 0.200. The van der Waals surface area contributed by atoms with E-state index in [0.29, 0.717) is 5.69 Å². The highest BCUT2D eigenvalue weighted by Crippen LogP contribution is 2.06. The van der Waals surface area contributed by atoms with Gasteiger partial charge in [-0.05, 0) is 12.1 Å². The molecule has 2 N–H and O–H groups in total. The fourth-order valence-corrected chi connectivity index (χ4v) is 1.01. The summed E-state index contributed by atoms with van der Waals surface area (Å²) in [5.74, 6) is -1.12. The average molecular weight is 209 g/mol. The lowest BCUT2D eigenvalue weighted by Gasteiger charge is -2.03. The number of carbonyl (C=O) groups is 2. The summed E-state index contributed by atoms with van der Waals surface area (Å²) < 4.78 is 0. The molecule has 0 heterocycles. The van der Waals surface area contributed by atoms with E-state index in [-0.39, 0.29) is 18.7 Å². The second kappa shape index (κ2) is 5.77. The standard InChI is InChI=1S/C10H11NO4/c12-9(6-7-10(13)15-14)11-8-4-2-1-3-5-8/h1-5,14H,6-7H2,(H,11,12). The van der Waals surface area contributed by atoms with Gasteiger partial charge in [-0.25, -0.2) is 4.79 Å². The molecule has 0 aromatic heterocycles. The quantitative estimate of drug-likeness (QED) is 0.580. The van der Waals surface area contributed by atoms with Crippen LogP contribution in [-0.4, -0.2) is 17.1 Å². The Morgan fingerprint density at radius 1 is 1.20 bits per heavy atom. The van der Waals surface area contributed by atoms with Crippen LogP contribution in [0, 0.1) is 0 Å². The van der Waals surface area contributed by atoms with Gasteiger partial charge in [-0.2, -0.15) is 5.26 Å². The van der Waals surface area contributed by atoms with Crippen molar-refractivity contribution in [3.63, 3.8) is 0 Å². The summed E-state index contributed by atoms with van der Waals surface area (Å²) in [7, 11) is 0. The Morgan fingerprint density at radius 3 is 2.47 bits per heavy atom. The topological polar surface area (TPSA) is 75.6 Å². The van der Waals surface area contributed by atoms with E-state index in [9.17, 15) is 9.59 Å². The molecule has 5 nitrogen and oxygen atoms in total. The number of hydrogen-bond acceptors (Lipinski definition) is 4. The van der Waals surface area contributed by atoms with E-state index in [1.165, 1.54) is 0 Å². The first kappa shape index (κ1) is 11.2. The Bertz CT molecular complexity index is 337. The molecule has 1 rings (SSSR count). The highest BCUT2D eigenvalue weighted by Gasteiger charge is 2.07. The molecule has 1 aromatic rings. The molecule has 1 amide bonds. The minimum Gasteiger partial charge on any atom is -0.326 e. The third-order valence-corrected chi connectivity index (χ3v) is 1.72. The molecule has 15 heavy (non-hydrogen) atoms. The van der Waals surface area contributed by atoms with Crippen molar-refractivity contribution in [1.29, 1.82) is 0 Å². The number of nitrogens with one attached hydrogen (secondary N) is 1. The van der Waals surface area contributed by atoms with E-state index >= 15 is 0 Å². The molecule has 5 heteroatoms. The Hall–Kier alpha value is -1.88. The first-order chi connectivity index (χ1) is 7.22. The fourth-order valence-electron chi connectivity index (χ4n) is 1.01. The summed E-state index contributed by atoms with van der Waals surface area (Å²) in [4.78, 5) is 25.2. The number of carbonyl (C=O) groups excluding carboxylic acids is 2. The van der Waals surface area contributed by atoms with Crippen LogP contribution < -0.4 is 5.32 Å². The van der Waals surface area contributed by atoms with Crippen molar-refractivity contribution in [2.75, 3.05) is 5.32 Å². The predicted octanol–water partition coefficient (Wildman–Crippen LogP) is 1.42. The van der Waals surface area contributed by atoms with Crippen molar-refractivity contribution < 1.29 is 19.7 Å². The predicted molar refractivity (Wildman–Crippen MR) is 53.0 cm³/mol. The largest absolute Gasteiger partial charge is 0.342 e. The third-order valence-electron chi connectivity index (χ3n) is 1.72. The maximum Gasteiger partial charge on any atom is 0.342 e. The van der Waals surface area contributed by atoms with Gasteiger partial charge < -0.3 is 10.2 Å². The Balaban J connectivity index is 2.34. The monoisotopic (exact) mass is 209 g/mol. The van der Waals surface area contributed by atoms with Crippen LogP contribution in [0.1, 0.15) is 12.8 Å². The van der Waals surface area contributed by atoms with Gasteiger partial charge in [-0.15, -0.1) is 0 Å². The minimum atomic E-state index is -0.821. The van der Waals surface area contributed by atoms with E-state index in [4.69, 9.17) is 5.26 Å².